The lowest BCUT2D eigenvalue weighted by Crippen LogP contribution is -1.96. The minimum absolute atomic E-state index is 0.978. The molecule has 0 bridgehead atoms. The molecule has 2 aromatic heterocycles. The maximum Gasteiger partial charge on any atom is 0.127 e. The Kier molecular flexibility index (Phi) is 3.82. The SMILES string of the molecule is BCn1c2ccccc2c2cc(-c3ccc4c(c3)c3ccccc3n4CB)ccc21. The Bertz CT molecular complexity index is 1450. The lowest BCUT2D eigenvalue weighted by Gasteiger charge is -2.07. The molecule has 0 amide bonds. The van der Waals surface area contributed by atoms with Crippen LogP contribution < -0.4 is 0 Å². The molecule has 0 aliphatic carbocycles. The van der Waals surface area contributed by atoms with E-state index in [1.165, 1.54) is 54.7 Å². The minimum Gasteiger partial charge on any atom is -0.349 e. The second-order valence-corrected chi connectivity index (χ2v) is 7.99. The molecule has 6 rings (SSSR count). The van der Waals surface area contributed by atoms with Crippen molar-refractivity contribution in [3.05, 3.63) is 84.9 Å². The third-order valence-corrected chi connectivity index (χ3v) is 6.51. The second-order valence-electron chi connectivity index (χ2n) is 7.99. The number of para-hydroxylation sites is 2. The summed E-state index contributed by atoms with van der Waals surface area (Å²) < 4.78 is 4.82. The van der Waals surface area contributed by atoms with Crippen LogP contribution in [0.3, 0.4) is 0 Å². The zero-order valence-electron chi connectivity index (χ0n) is 17.4. The monoisotopic (exact) mass is 384 g/mol. The van der Waals surface area contributed by atoms with Crippen LogP contribution >= 0.6 is 0 Å². The zero-order chi connectivity index (χ0) is 20.2. The maximum absolute atomic E-state index is 2.41. The van der Waals surface area contributed by atoms with Crippen molar-refractivity contribution in [2.24, 2.45) is 0 Å². The van der Waals surface area contributed by atoms with Gasteiger partial charge in [-0.3, -0.25) is 0 Å². The van der Waals surface area contributed by atoms with E-state index in [1.807, 2.05) is 0 Å². The number of rotatable bonds is 3. The highest BCUT2D eigenvalue weighted by molar-refractivity contribution is 6.14. The first-order valence-corrected chi connectivity index (χ1v) is 10.8. The fraction of sp³-hybridized carbons (Fsp3) is 0.0769. The lowest BCUT2D eigenvalue weighted by atomic mass is 10.0. The third-order valence-electron chi connectivity index (χ3n) is 6.51. The van der Waals surface area contributed by atoms with Gasteiger partial charge in [-0.25, -0.2) is 0 Å². The van der Waals surface area contributed by atoms with E-state index in [2.05, 4.69) is 110 Å². The molecular formula is C26H22B2N2. The van der Waals surface area contributed by atoms with E-state index < -0.39 is 0 Å². The van der Waals surface area contributed by atoms with Crippen molar-refractivity contribution in [1.29, 1.82) is 0 Å². The second kappa shape index (κ2) is 6.56. The van der Waals surface area contributed by atoms with Gasteiger partial charge in [0.25, 0.3) is 0 Å². The van der Waals surface area contributed by atoms with Crippen molar-refractivity contribution in [3.8, 4) is 11.1 Å². The Morgan fingerprint density at radius 3 is 1.30 bits per heavy atom. The number of benzene rings is 4. The highest BCUT2D eigenvalue weighted by Gasteiger charge is 2.13. The molecule has 0 saturated heterocycles. The number of fused-ring (bicyclic) bond motifs is 6. The van der Waals surface area contributed by atoms with Crippen molar-refractivity contribution in [1.82, 2.24) is 9.13 Å². The van der Waals surface area contributed by atoms with E-state index in [-0.39, 0.29) is 0 Å². The molecule has 30 heavy (non-hydrogen) atoms. The molecule has 0 atom stereocenters. The molecule has 4 aromatic carbocycles. The molecule has 0 saturated carbocycles. The van der Waals surface area contributed by atoms with Gasteiger partial charge in [0.05, 0.1) is 0 Å². The van der Waals surface area contributed by atoms with Gasteiger partial charge < -0.3 is 9.13 Å². The van der Waals surface area contributed by atoms with Crippen LogP contribution in [-0.2, 0) is 12.9 Å². The molecule has 0 fully saturated rings. The van der Waals surface area contributed by atoms with Gasteiger partial charge in [-0.1, -0.05) is 48.5 Å². The van der Waals surface area contributed by atoms with Crippen LogP contribution in [0.4, 0.5) is 0 Å². The standard InChI is InChI=1S/C26H22B2N2/c27-15-29-23-7-3-1-5-19(23)21-13-17(9-11-25(21)29)18-10-12-26-22(14-18)20-6-2-4-8-24(20)30(26)16-28/h1-14H,15-16,27-28H2. The molecule has 2 heterocycles. The molecule has 0 N–H and O–H groups in total. The van der Waals surface area contributed by atoms with Crippen molar-refractivity contribution >= 4 is 59.3 Å². The fourth-order valence-corrected chi connectivity index (χ4v) is 5.15. The molecule has 0 radical (unpaired) electrons. The van der Waals surface area contributed by atoms with E-state index >= 15 is 0 Å². The molecule has 0 aliphatic rings. The van der Waals surface area contributed by atoms with Gasteiger partial charge in [0.15, 0.2) is 0 Å². The van der Waals surface area contributed by atoms with E-state index in [9.17, 15) is 0 Å². The zero-order valence-corrected chi connectivity index (χ0v) is 17.4. The summed E-state index contributed by atoms with van der Waals surface area (Å²) in [4.78, 5) is 0. The molecule has 4 heteroatoms. The van der Waals surface area contributed by atoms with Crippen LogP contribution in [-0.4, -0.2) is 24.8 Å². The van der Waals surface area contributed by atoms with Crippen LogP contribution in [0.15, 0.2) is 84.9 Å². The third kappa shape index (κ3) is 2.34. The Morgan fingerprint density at radius 2 is 0.867 bits per heavy atom. The summed E-state index contributed by atoms with van der Waals surface area (Å²) in [5, 5.41) is 5.33. The number of hydrogen-bond donors (Lipinski definition) is 0. The van der Waals surface area contributed by atoms with E-state index in [4.69, 9.17) is 0 Å². The van der Waals surface area contributed by atoms with Gasteiger partial charge in [0, 0.05) is 43.6 Å². The average molecular weight is 384 g/mol. The summed E-state index contributed by atoms with van der Waals surface area (Å²) in [6.07, 6.45) is 1.96. The Hall–Kier alpha value is -3.39. The Labute approximate surface area is 177 Å². The molecule has 6 aromatic rings. The smallest absolute Gasteiger partial charge is 0.127 e. The Morgan fingerprint density at radius 1 is 0.467 bits per heavy atom. The largest absolute Gasteiger partial charge is 0.349 e. The predicted molar refractivity (Wildman–Crippen MR) is 135 cm³/mol. The number of aromatic nitrogens is 2. The summed E-state index contributed by atoms with van der Waals surface area (Å²) in [6.45, 7) is 0. The summed E-state index contributed by atoms with van der Waals surface area (Å²) in [5.41, 5.74) is 7.80. The maximum atomic E-state index is 2.41. The summed E-state index contributed by atoms with van der Waals surface area (Å²) in [7, 11) is 4.44. The molecule has 0 spiro atoms. The van der Waals surface area contributed by atoms with Crippen LogP contribution in [0.5, 0.6) is 0 Å². The van der Waals surface area contributed by atoms with E-state index in [1.54, 1.807) is 0 Å². The van der Waals surface area contributed by atoms with Crippen LogP contribution in [0.1, 0.15) is 0 Å². The van der Waals surface area contributed by atoms with Gasteiger partial charge in [-0.05, 0) is 60.4 Å². The van der Waals surface area contributed by atoms with Crippen molar-refractivity contribution in [2.75, 3.05) is 0 Å². The van der Waals surface area contributed by atoms with Crippen LogP contribution in [0.2, 0.25) is 0 Å². The van der Waals surface area contributed by atoms with Crippen molar-refractivity contribution < 1.29 is 0 Å². The molecular weight excluding hydrogens is 362 g/mol. The van der Waals surface area contributed by atoms with Gasteiger partial charge >= 0.3 is 0 Å². The summed E-state index contributed by atoms with van der Waals surface area (Å²) in [5.74, 6) is 0. The van der Waals surface area contributed by atoms with Gasteiger partial charge in [0.2, 0.25) is 0 Å². The van der Waals surface area contributed by atoms with Gasteiger partial charge in [0.1, 0.15) is 15.7 Å². The van der Waals surface area contributed by atoms with Gasteiger partial charge in [-0.2, -0.15) is 0 Å². The minimum atomic E-state index is 0.978. The number of nitrogens with zero attached hydrogens (tertiary/aromatic N) is 2. The molecule has 0 unspecified atom stereocenters. The van der Waals surface area contributed by atoms with Crippen LogP contribution in [0.25, 0.3) is 54.7 Å². The fourth-order valence-electron chi connectivity index (χ4n) is 5.15. The topological polar surface area (TPSA) is 9.86 Å². The number of hydrogen-bond acceptors (Lipinski definition) is 0. The summed E-state index contributed by atoms with van der Waals surface area (Å²) in [6, 6.07) is 31.3. The average Bonchev–Trinajstić information content (AvgIpc) is 3.30. The highest BCUT2D eigenvalue weighted by atomic mass is 15.0. The van der Waals surface area contributed by atoms with Crippen LogP contribution in [0, 0.1) is 0 Å². The Balaban J connectivity index is 1.62. The normalized spacial score (nSPS) is 11.9. The molecule has 2 nitrogen and oxygen atoms in total. The summed E-state index contributed by atoms with van der Waals surface area (Å²) >= 11 is 0. The van der Waals surface area contributed by atoms with E-state index in [0.29, 0.717) is 0 Å². The first kappa shape index (κ1) is 17.5. The predicted octanol–water partition coefficient (Wildman–Crippen LogP) is 4.75. The first-order valence-electron chi connectivity index (χ1n) is 10.8. The van der Waals surface area contributed by atoms with Crippen molar-refractivity contribution in [3.63, 3.8) is 0 Å². The van der Waals surface area contributed by atoms with Gasteiger partial charge in [-0.15, -0.1) is 0 Å². The lowest BCUT2D eigenvalue weighted by molar-refractivity contribution is 0.973. The quantitative estimate of drug-likeness (QED) is 0.390. The van der Waals surface area contributed by atoms with Crippen molar-refractivity contribution in [2.45, 2.75) is 12.9 Å². The van der Waals surface area contributed by atoms with E-state index in [0.717, 1.165) is 12.9 Å². The first-order chi connectivity index (χ1) is 14.8. The molecule has 142 valence electrons. The highest BCUT2D eigenvalue weighted by Crippen LogP contribution is 2.35. The molecule has 0 aliphatic heterocycles.